The van der Waals surface area contributed by atoms with Crippen LogP contribution in [0.2, 0.25) is 0 Å². The van der Waals surface area contributed by atoms with Gasteiger partial charge in [0, 0.05) is 0 Å². The predicted molar refractivity (Wildman–Crippen MR) is 82.4 cm³/mol. The number of esters is 2. The Morgan fingerprint density at radius 2 is 1.82 bits per heavy atom. The number of thiophene rings is 1. The van der Waals surface area contributed by atoms with Crippen LogP contribution in [-0.4, -0.2) is 25.7 Å². The topological polar surface area (TPSA) is 61.8 Å². The lowest BCUT2D eigenvalue weighted by atomic mass is 10.1. The lowest BCUT2D eigenvalue weighted by Crippen LogP contribution is -2.05. The average Bonchev–Trinajstić information content (AvgIpc) is 3.01. The minimum atomic E-state index is -0.414. The second kappa shape index (κ2) is 7.61. The molecule has 0 aliphatic carbocycles. The van der Waals surface area contributed by atoms with E-state index in [1.807, 2.05) is 0 Å². The third-order valence-corrected chi connectivity index (χ3v) is 3.74. The van der Waals surface area contributed by atoms with Crippen molar-refractivity contribution in [2.24, 2.45) is 0 Å². The minimum Gasteiger partial charge on any atom is -0.487 e. The zero-order valence-corrected chi connectivity index (χ0v) is 13.1. The molecule has 2 aromatic rings. The number of hydrogen-bond donors (Lipinski definition) is 0. The summed E-state index contributed by atoms with van der Waals surface area (Å²) in [5, 5.41) is 1.77. The van der Waals surface area contributed by atoms with E-state index in [0.717, 1.165) is 5.56 Å². The Hall–Kier alpha value is -2.34. The first-order chi connectivity index (χ1) is 10.7. The molecule has 6 heteroatoms. The average molecular weight is 320 g/mol. The van der Waals surface area contributed by atoms with Crippen LogP contribution in [0.25, 0.3) is 0 Å². The Morgan fingerprint density at radius 1 is 1.09 bits per heavy atom. The molecule has 0 fully saturated rings. The molecule has 0 spiro atoms. The molecule has 0 saturated carbocycles. The molecule has 0 unspecified atom stereocenters. The smallest absolute Gasteiger partial charge is 0.351 e. The van der Waals surface area contributed by atoms with Gasteiger partial charge in [-0.25, -0.2) is 9.59 Å². The molecular weight excluding hydrogens is 304 g/mol. The fraction of sp³-hybridized carbons (Fsp3) is 0.250. The zero-order valence-electron chi connectivity index (χ0n) is 12.3. The van der Waals surface area contributed by atoms with E-state index in [2.05, 4.69) is 0 Å². The third-order valence-electron chi connectivity index (χ3n) is 2.86. The van der Waals surface area contributed by atoms with Gasteiger partial charge in [-0.1, -0.05) is 12.1 Å². The van der Waals surface area contributed by atoms with Crippen molar-refractivity contribution in [1.29, 1.82) is 0 Å². The molecule has 116 valence electrons. The van der Waals surface area contributed by atoms with Gasteiger partial charge in [-0.2, -0.15) is 0 Å². The number of methoxy groups -OCH3 is 1. The minimum absolute atomic E-state index is 0.295. The van der Waals surface area contributed by atoms with E-state index >= 15 is 0 Å². The van der Waals surface area contributed by atoms with Crippen molar-refractivity contribution in [3.05, 3.63) is 51.7 Å². The summed E-state index contributed by atoms with van der Waals surface area (Å²) in [5.41, 5.74) is 1.38. The molecule has 0 atom stereocenters. The van der Waals surface area contributed by atoms with Crippen molar-refractivity contribution in [3.8, 4) is 5.75 Å². The van der Waals surface area contributed by atoms with E-state index in [1.165, 1.54) is 18.4 Å². The number of benzene rings is 1. The largest absolute Gasteiger partial charge is 0.487 e. The van der Waals surface area contributed by atoms with Gasteiger partial charge in [0.05, 0.1) is 19.3 Å². The van der Waals surface area contributed by atoms with Crippen LogP contribution in [0.5, 0.6) is 5.75 Å². The molecule has 0 radical (unpaired) electrons. The van der Waals surface area contributed by atoms with Crippen LogP contribution in [0, 0.1) is 0 Å². The summed E-state index contributed by atoms with van der Waals surface area (Å²) >= 11 is 1.27. The molecule has 0 bridgehead atoms. The van der Waals surface area contributed by atoms with E-state index in [4.69, 9.17) is 14.2 Å². The van der Waals surface area contributed by atoms with Crippen LogP contribution < -0.4 is 4.74 Å². The van der Waals surface area contributed by atoms with Crippen LogP contribution in [0.1, 0.15) is 32.5 Å². The Kier molecular flexibility index (Phi) is 5.55. The van der Waals surface area contributed by atoms with E-state index in [-0.39, 0.29) is 5.97 Å². The molecule has 1 aromatic carbocycles. The Morgan fingerprint density at radius 3 is 2.45 bits per heavy atom. The summed E-state index contributed by atoms with van der Waals surface area (Å²) in [7, 11) is 1.33. The maximum absolute atomic E-state index is 11.5. The summed E-state index contributed by atoms with van der Waals surface area (Å²) in [4.78, 5) is 23.5. The van der Waals surface area contributed by atoms with Gasteiger partial charge in [0.2, 0.25) is 0 Å². The summed E-state index contributed by atoms with van der Waals surface area (Å²) in [6.45, 7) is 2.40. The molecule has 5 nitrogen and oxygen atoms in total. The van der Waals surface area contributed by atoms with Crippen molar-refractivity contribution in [3.63, 3.8) is 0 Å². The number of hydrogen-bond acceptors (Lipinski definition) is 6. The first kappa shape index (κ1) is 16.0. The lowest BCUT2D eigenvalue weighted by Gasteiger charge is -2.07. The highest BCUT2D eigenvalue weighted by atomic mass is 32.1. The van der Waals surface area contributed by atoms with E-state index in [1.54, 1.807) is 42.6 Å². The summed E-state index contributed by atoms with van der Waals surface area (Å²) in [5.74, 6) is -0.269. The summed E-state index contributed by atoms with van der Waals surface area (Å²) in [6, 6.07) is 8.67. The first-order valence-corrected chi connectivity index (χ1v) is 7.58. The highest BCUT2D eigenvalue weighted by Gasteiger charge is 2.14. The standard InChI is InChI=1S/C16H16O5S/c1-3-20-15(17)12-6-4-11(5-7-12)10-21-13-8-9-22-14(13)16(18)19-2/h4-9H,3,10H2,1-2H3. The van der Waals surface area contributed by atoms with Crippen LogP contribution in [0.15, 0.2) is 35.7 Å². The highest BCUT2D eigenvalue weighted by Crippen LogP contribution is 2.26. The number of rotatable bonds is 6. The number of carbonyl (C=O) groups is 2. The van der Waals surface area contributed by atoms with Crippen molar-refractivity contribution in [2.45, 2.75) is 13.5 Å². The van der Waals surface area contributed by atoms with Gasteiger partial charge in [0.1, 0.15) is 12.4 Å². The molecule has 0 aliphatic rings. The van der Waals surface area contributed by atoms with Crippen LogP contribution >= 0.6 is 11.3 Å². The maximum Gasteiger partial charge on any atom is 0.351 e. The lowest BCUT2D eigenvalue weighted by molar-refractivity contribution is 0.0525. The van der Waals surface area contributed by atoms with Crippen LogP contribution in [0.4, 0.5) is 0 Å². The summed E-state index contributed by atoms with van der Waals surface area (Å²) < 4.78 is 15.2. The van der Waals surface area contributed by atoms with E-state index in [9.17, 15) is 9.59 Å². The van der Waals surface area contributed by atoms with Crippen molar-refractivity contribution >= 4 is 23.3 Å². The van der Waals surface area contributed by atoms with Gasteiger partial charge in [0.25, 0.3) is 0 Å². The zero-order chi connectivity index (χ0) is 15.9. The van der Waals surface area contributed by atoms with E-state index in [0.29, 0.717) is 29.4 Å². The van der Waals surface area contributed by atoms with Gasteiger partial charge in [-0.15, -0.1) is 11.3 Å². The number of ether oxygens (including phenoxy) is 3. The van der Waals surface area contributed by atoms with E-state index < -0.39 is 5.97 Å². The molecule has 1 aromatic heterocycles. The molecule has 0 N–H and O–H groups in total. The fourth-order valence-electron chi connectivity index (χ4n) is 1.77. The van der Waals surface area contributed by atoms with Gasteiger partial charge in [-0.3, -0.25) is 0 Å². The van der Waals surface area contributed by atoms with Crippen LogP contribution in [-0.2, 0) is 16.1 Å². The normalized spacial score (nSPS) is 10.1. The van der Waals surface area contributed by atoms with Crippen molar-refractivity contribution < 1.29 is 23.8 Å². The SMILES string of the molecule is CCOC(=O)c1ccc(COc2ccsc2C(=O)OC)cc1. The van der Waals surface area contributed by atoms with Gasteiger partial charge in [0.15, 0.2) is 4.88 Å². The highest BCUT2D eigenvalue weighted by molar-refractivity contribution is 7.12. The quantitative estimate of drug-likeness (QED) is 0.764. The second-order valence-corrected chi connectivity index (χ2v) is 5.23. The van der Waals surface area contributed by atoms with Gasteiger partial charge in [-0.05, 0) is 36.1 Å². The number of carbonyl (C=O) groups excluding carboxylic acids is 2. The fourth-order valence-corrected chi connectivity index (χ4v) is 2.52. The first-order valence-electron chi connectivity index (χ1n) is 6.70. The Balaban J connectivity index is 1.99. The van der Waals surface area contributed by atoms with Gasteiger partial charge < -0.3 is 14.2 Å². The molecule has 0 aliphatic heterocycles. The monoisotopic (exact) mass is 320 g/mol. The van der Waals surface area contributed by atoms with Crippen LogP contribution in [0.3, 0.4) is 0 Å². The summed E-state index contributed by atoms with van der Waals surface area (Å²) in [6.07, 6.45) is 0. The third kappa shape index (κ3) is 3.85. The molecular formula is C16H16O5S. The molecule has 2 rings (SSSR count). The Labute approximate surface area is 132 Å². The second-order valence-electron chi connectivity index (χ2n) is 4.31. The Bertz CT molecular complexity index is 645. The molecule has 0 saturated heterocycles. The molecule has 22 heavy (non-hydrogen) atoms. The van der Waals surface area contributed by atoms with Crippen molar-refractivity contribution in [1.82, 2.24) is 0 Å². The molecule has 1 heterocycles. The maximum atomic E-state index is 11.5. The van der Waals surface area contributed by atoms with Crippen molar-refractivity contribution in [2.75, 3.05) is 13.7 Å². The predicted octanol–water partition coefficient (Wildman–Crippen LogP) is 3.29. The van der Waals surface area contributed by atoms with Gasteiger partial charge >= 0.3 is 11.9 Å². The molecule has 0 amide bonds.